The van der Waals surface area contributed by atoms with E-state index < -0.39 is 0 Å². The number of benzene rings is 1. The maximum atomic E-state index is 11.3. The summed E-state index contributed by atoms with van der Waals surface area (Å²) in [5.41, 5.74) is 7.39. The largest absolute Gasteiger partial charge is 0.368 e. The summed E-state index contributed by atoms with van der Waals surface area (Å²) in [6, 6.07) is 6.16. The highest BCUT2D eigenvalue weighted by Crippen LogP contribution is 2.28. The maximum Gasteiger partial charge on any atom is 0.236 e. The highest BCUT2D eigenvalue weighted by atomic mass is 35.5. The molecule has 0 radical (unpaired) electrons. The van der Waals surface area contributed by atoms with Crippen molar-refractivity contribution in [3.8, 4) is 0 Å². The van der Waals surface area contributed by atoms with Gasteiger partial charge in [-0.15, -0.1) is 0 Å². The lowest BCUT2D eigenvalue weighted by atomic mass is 10.1. The highest BCUT2D eigenvalue weighted by molar-refractivity contribution is 6.31. The van der Waals surface area contributed by atoms with Crippen molar-refractivity contribution in [1.29, 1.82) is 0 Å². The molecule has 118 valence electrons. The van der Waals surface area contributed by atoms with E-state index in [1.54, 1.807) is 0 Å². The van der Waals surface area contributed by atoms with Crippen LogP contribution in [0.15, 0.2) is 18.2 Å². The average Bonchev–Trinajstić information content (AvgIpc) is 2.41. The van der Waals surface area contributed by atoms with E-state index in [9.17, 15) is 4.79 Å². The van der Waals surface area contributed by atoms with Crippen molar-refractivity contribution in [2.24, 2.45) is 5.73 Å². The summed E-state index contributed by atoms with van der Waals surface area (Å²) < 4.78 is 0. The first-order chi connectivity index (χ1) is 9.95. The van der Waals surface area contributed by atoms with Crippen LogP contribution in [0.4, 0.5) is 5.69 Å². The Labute approximate surface area is 132 Å². The van der Waals surface area contributed by atoms with Crippen LogP contribution in [0, 0.1) is 0 Å². The second kappa shape index (κ2) is 8.90. The van der Waals surface area contributed by atoms with Gasteiger partial charge in [-0.05, 0) is 18.6 Å². The number of nitrogens with zero attached hydrogens (tertiary/aromatic N) is 1. The van der Waals surface area contributed by atoms with Gasteiger partial charge in [-0.1, -0.05) is 44.9 Å². The Balaban J connectivity index is 3.04. The molecule has 0 saturated carbocycles. The van der Waals surface area contributed by atoms with Crippen LogP contribution in [0.5, 0.6) is 0 Å². The minimum Gasteiger partial charge on any atom is -0.368 e. The molecule has 4 nitrogen and oxygen atoms in total. The van der Waals surface area contributed by atoms with Crippen LogP contribution < -0.4 is 16.0 Å². The molecular weight excluding hydrogens is 286 g/mol. The quantitative estimate of drug-likeness (QED) is 0.737. The Kier molecular flexibility index (Phi) is 7.54. The number of amides is 1. The molecule has 21 heavy (non-hydrogen) atoms. The molecule has 0 atom stereocenters. The van der Waals surface area contributed by atoms with Gasteiger partial charge in [0.15, 0.2) is 0 Å². The van der Waals surface area contributed by atoms with Crippen molar-refractivity contribution in [2.45, 2.75) is 46.2 Å². The third-order valence-corrected chi connectivity index (χ3v) is 3.60. The van der Waals surface area contributed by atoms with Crippen LogP contribution >= 0.6 is 11.6 Å². The Morgan fingerprint density at radius 2 is 2.14 bits per heavy atom. The van der Waals surface area contributed by atoms with E-state index >= 15 is 0 Å². The molecule has 0 aromatic heterocycles. The minimum absolute atomic E-state index is 0.217. The third-order valence-electron chi connectivity index (χ3n) is 3.25. The van der Waals surface area contributed by atoms with Gasteiger partial charge < -0.3 is 16.0 Å². The summed E-state index contributed by atoms with van der Waals surface area (Å²) >= 11 is 6.34. The highest BCUT2D eigenvalue weighted by Gasteiger charge is 2.15. The number of hydrogen-bond donors (Lipinski definition) is 2. The lowest BCUT2D eigenvalue weighted by Crippen LogP contribution is -2.35. The van der Waals surface area contributed by atoms with E-state index in [-0.39, 0.29) is 12.5 Å². The van der Waals surface area contributed by atoms with Crippen LogP contribution in [0.1, 0.15) is 39.2 Å². The predicted molar refractivity (Wildman–Crippen MR) is 89.7 cm³/mol. The molecule has 1 aromatic carbocycles. The van der Waals surface area contributed by atoms with Crippen molar-refractivity contribution in [1.82, 2.24) is 5.32 Å². The van der Waals surface area contributed by atoms with E-state index in [1.807, 2.05) is 23.1 Å². The van der Waals surface area contributed by atoms with Crippen LogP contribution in [0.2, 0.25) is 5.02 Å². The van der Waals surface area contributed by atoms with Crippen LogP contribution in [-0.4, -0.2) is 25.0 Å². The molecule has 0 aliphatic heterocycles. The molecule has 0 aliphatic rings. The Morgan fingerprint density at radius 1 is 1.43 bits per heavy atom. The number of anilines is 1. The summed E-state index contributed by atoms with van der Waals surface area (Å²) in [4.78, 5) is 13.4. The number of nitrogens with one attached hydrogen (secondary N) is 1. The maximum absolute atomic E-state index is 11.3. The van der Waals surface area contributed by atoms with Crippen LogP contribution in [-0.2, 0) is 11.3 Å². The Hall–Kier alpha value is -1.26. The van der Waals surface area contributed by atoms with E-state index in [0.717, 1.165) is 30.6 Å². The van der Waals surface area contributed by atoms with Gasteiger partial charge in [-0.3, -0.25) is 4.79 Å². The van der Waals surface area contributed by atoms with Crippen molar-refractivity contribution >= 4 is 23.2 Å². The van der Waals surface area contributed by atoms with Crippen LogP contribution in [0.25, 0.3) is 0 Å². The number of unbranched alkanes of at least 4 members (excludes halogenated alkanes) is 1. The molecule has 1 amide bonds. The smallest absolute Gasteiger partial charge is 0.236 e. The number of nitrogens with two attached hydrogens (primary N) is 1. The first kappa shape index (κ1) is 17.8. The fourth-order valence-electron chi connectivity index (χ4n) is 2.15. The zero-order chi connectivity index (χ0) is 15.8. The molecule has 0 unspecified atom stereocenters. The normalized spacial score (nSPS) is 10.9. The zero-order valence-electron chi connectivity index (χ0n) is 13.2. The van der Waals surface area contributed by atoms with E-state index in [1.165, 1.54) is 0 Å². The standard InChI is InChI=1S/C16H26ClN3O/c1-4-5-9-20(11-16(18)21)15-8-6-7-14(17)13(15)10-19-12(2)3/h6-8,12,19H,4-5,9-11H2,1-3H3,(H2,18,21). The molecule has 3 N–H and O–H groups in total. The molecule has 1 rings (SSSR count). The summed E-state index contributed by atoms with van der Waals surface area (Å²) in [5.74, 6) is -0.325. The molecule has 1 aromatic rings. The van der Waals surface area contributed by atoms with Gasteiger partial charge in [0.05, 0.1) is 6.54 Å². The molecule has 0 spiro atoms. The predicted octanol–water partition coefficient (Wildman–Crippen LogP) is 2.93. The van der Waals surface area contributed by atoms with Crippen molar-refractivity contribution < 1.29 is 4.79 Å². The van der Waals surface area contributed by atoms with Gasteiger partial charge in [-0.25, -0.2) is 0 Å². The Bertz CT molecular complexity index is 463. The van der Waals surface area contributed by atoms with Crippen molar-refractivity contribution in [2.75, 3.05) is 18.0 Å². The molecule has 0 aliphatic carbocycles. The summed E-state index contributed by atoms with van der Waals surface area (Å²) in [5, 5.41) is 4.09. The first-order valence-electron chi connectivity index (χ1n) is 7.49. The topological polar surface area (TPSA) is 58.4 Å². The lowest BCUT2D eigenvalue weighted by Gasteiger charge is -2.27. The number of rotatable bonds is 9. The fraction of sp³-hybridized carbons (Fsp3) is 0.562. The number of hydrogen-bond acceptors (Lipinski definition) is 3. The van der Waals surface area contributed by atoms with Crippen LogP contribution in [0.3, 0.4) is 0 Å². The molecule has 0 saturated heterocycles. The molecule has 0 bridgehead atoms. The van der Waals surface area contributed by atoms with Gasteiger partial charge in [-0.2, -0.15) is 0 Å². The van der Waals surface area contributed by atoms with E-state index in [4.69, 9.17) is 17.3 Å². The van der Waals surface area contributed by atoms with Gasteiger partial charge in [0.1, 0.15) is 0 Å². The molecular formula is C16H26ClN3O. The summed E-state index contributed by atoms with van der Waals surface area (Å²) in [7, 11) is 0. The molecule has 5 heteroatoms. The lowest BCUT2D eigenvalue weighted by molar-refractivity contribution is -0.116. The van der Waals surface area contributed by atoms with E-state index in [0.29, 0.717) is 17.6 Å². The monoisotopic (exact) mass is 311 g/mol. The van der Waals surface area contributed by atoms with E-state index in [2.05, 4.69) is 26.1 Å². The summed E-state index contributed by atoms with van der Waals surface area (Å²) in [6.45, 7) is 8.00. The SMILES string of the molecule is CCCCN(CC(N)=O)c1cccc(Cl)c1CNC(C)C. The number of primary amides is 1. The molecule has 0 heterocycles. The zero-order valence-corrected chi connectivity index (χ0v) is 13.9. The fourth-order valence-corrected chi connectivity index (χ4v) is 2.38. The second-order valence-electron chi connectivity index (χ2n) is 5.51. The Morgan fingerprint density at radius 3 is 2.71 bits per heavy atom. The molecule has 0 fully saturated rings. The second-order valence-corrected chi connectivity index (χ2v) is 5.92. The summed E-state index contributed by atoms with van der Waals surface area (Å²) in [6.07, 6.45) is 2.08. The van der Waals surface area contributed by atoms with Gasteiger partial charge >= 0.3 is 0 Å². The van der Waals surface area contributed by atoms with Crippen molar-refractivity contribution in [3.63, 3.8) is 0 Å². The van der Waals surface area contributed by atoms with Gasteiger partial charge in [0, 0.05) is 35.4 Å². The van der Waals surface area contributed by atoms with Crippen molar-refractivity contribution in [3.05, 3.63) is 28.8 Å². The third kappa shape index (κ3) is 5.94. The van der Waals surface area contributed by atoms with Gasteiger partial charge in [0.2, 0.25) is 5.91 Å². The number of carbonyl (C=O) groups is 1. The number of halogens is 1. The minimum atomic E-state index is -0.325. The first-order valence-corrected chi connectivity index (χ1v) is 7.87. The average molecular weight is 312 g/mol. The number of carbonyl (C=O) groups excluding carboxylic acids is 1. The van der Waals surface area contributed by atoms with Gasteiger partial charge in [0.25, 0.3) is 0 Å².